The van der Waals surface area contributed by atoms with Gasteiger partial charge in [0.05, 0.1) is 10.3 Å². The first-order valence-electron chi connectivity index (χ1n) is 5.60. The Bertz CT molecular complexity index is 574. The lowest BCUT2D eigenvalue weighted by Gasteiger charge is -2.22. The van der Waals surface area contributed by atoms with Gasteiger partial charge in [0.1, 0.15) is 17.7 Å². The first-order chi connectivity index (χ1) is 8.65. The summed E-state index contributed by atoms with van der Waals surface area (Å²) >= 11 is 3.47. The Labute approximate surface area is 113 Å². The molecule has 1 atom stereocenters. The van der Waals surface area contributed by atoms with Crippen LogP contribution in [0.2, 0.25) is 0 Å². The number of hydrogen-bond acceptors (Lipinski definition) is 2. The van der Waals surface area contributed by atoms with E-state index < -0.39 is 0 Å². The molecule has 0 amide bonds. The molecule has 1 aromatic rings. The normalized spacial score (nSPS) is 21.8. The van der Waals surface area contributed by atoms with Gasteiger partial charge in [0.15, 0.2) is 0 Å². The van der Waals surface area contributed by atoms with Crippen LogP contribution in [0.25, 0.3) is 0 Å². The van der Waals surface area contributed by atoms with E-state index in [9.17, 15) is 4.39 Å². The smallest absolute Gasteiger partial charge is 0.144 e. The van der Waals surface area contributed by atoms with Crippen molar-refractivity contribution in [2.24, 2.45) is 0 Å². The van der Waals surface area contributed by atoms with Crippen molar-refractivity contribution in [3.8, 4) is 0 Å². The van der Waals surface area contributed by atoms with Crippen molar-refractivity contribution in [3.05, 3.63) is 69.9 Å². The Hall–Kier alpha value is -1.55. The maximum absolute atomic E-state index is 12.9. The van der Waals surface area contributed by atoms with Gasteiger partial charge in [-0.15, -0.1) is 0 Å². The highest BCUT2D eigenvalue weighted by atomic mass is 79.9. The molecular formula is C14H11BrFNO. The molecule has 18 heavy (non-hydrogen) atoms. The fourth-order valence-electron chi connectivity index (χ4n) is 2.05. The van der Waals surface area contributed by atoms with Crippen LogP contribution < -0.4 is 0 Å². The Balaban J connectivity index is 1.92. The first-order valence-corrected chi connectivity index (χ1v) is 6.40. The topological polar surface area (TPSA) is 12.5 Å². The zero-order valence-corrected chi connectivity index (χ0v) is 11.3. The van der Waals surface area contributed by atoms with E-state index >= 15 is 0 Å². The van der Waals surface area contributed by atoms with Crippen LogP contribution in [0.3, 0.4) is 0 Å². The number of ether oxygens (including phenoxy) is 1. The lowest BCUT2D eigenvalue weighted by molar-refractivity contribution is 0.178. The zero-order valence-electron chi connectivity index (χ0n) is 9.73. The fraction of sp³-hybridized carbons (Fsp3) is 0.143. The van der Waals surface area contributed by atoms with Crippen molar-refractivity contribution in [2.45, 2.75) is 6.10 Å². The molecule has 0 N–H and O–H groups in total. The van der Waals surface area contributed by atoms with Crippen LogP contribution in [0, 0.1) is 5.82 Å². The summed E-state index contributed by atoms with van der Waals surface area (Å²) in [6.45, 7) is 0. The molecule has 92 valence electrons. The van der Waals surface area contributed by atoms with Gasteiger partial charge in [-0.1, -0.05) is 12.1 Å². The predicted molar refractivity (Wildman–Crippen MR) is 71.2 cm³/mol. The molecule has 0 fully saturated rings. The van der Waals surface area contributed by atoms with Gasteiger partial charge in [-0.3, -0.25) is 0 Å². The number of rotatable bonds is 1. The molecule has 0 spiro atoms. The molecule has 0 aromatic heterocycles. The Morgan fingerprint density at radius 3 is 2.67 bits per heavy atom. The molecule has 0 aliphatic carbocycles. The van der Waals surface area contributed by atoms with Gasteiger partial charge in [0, 0.05) is 7.05 Å². The number of benzene rings is 1. The third-order valence-electron chi connectivity index (χ3n) is 3.07. The molecule has 0 radical (unpaired) electrons. The predicted octanol–water partition coefficient (Wildman–Crippen LogP) is 3.85. The van der Waals surface area contributed by atoms with Crippen molar-refractivity contribution in [2.75, 3.05) is 7.05 Å². The van der Waals surface area contributed by atoms with Crippen LogP contribution in [0.15, 0.2) is 58.6 Å². The van der Waals surface area contributed by atoms with Crippen molar-refractivity contribution in [1.29, 1.82) is 0 Å². The van der Waals surface area contributed by atoms with E-state index in [1.165, 1.54) is 12.1 Å². The maximum atomic E-state index is 12.9. The second-order valence-corrected chi connectivity index (χ2v) is 5.03. The van der Waals surface area contributed by atoms with E-state index in [4.69, 9.17) is 4.74 Å². The highest BCUT2D eigenvalue weighted by molar-refractivity contribution is 9.11. The van der Waals surface area contributed by atoms with E-state index in [0.29, 0.717) is 0 Å². The minimum Gasteiger partial charge on any atom is -0.479 e. The van der Waals surface area contributed by atoms with E-state index in [1.54, 1.807) is 12.1 Å². The van der Waals surface area contributed by atoms with Gasteiger partial charge in [-0.25, -0.2) is 4.39 Å². The molecule has 0 bridgehead atoms. The quantitative estimate of drug-likeness (QED) is 0.731. The van der Waals surface area contributed by atoms with Crippen LogP contribution in [-0.4, -0.2) is 11.9 Å². The monoisotopic (exact) mass is 307 g/mol. The molecule has 0 saturated heterocycles. The third kappa shape index (κ3) is 1.86. The van der Waals surface area contributed by atoms with Gasteiger partial charge in [-0.05, 0) is 51.9 Å². The highest BCUT2D eigenvalue weighted by Crippen LogP contribution is 2.39. The number of hydrogen-bond donors (Lipinski definition) is 0. The summed E-state index contributed by atoms with van der Waals surface area (Å²) < 4.78 is 19.7. The lowest BCUT2D eigenvalue weighted by atomic mass is 10.1. The molecule has 4 heteroatoms. The highest BCUT2D eigenvalue weighted by Gasteiger charge is 2.28. The summed E-state index contributed by atoms with van der Waals surface area (Å²) in [7, 11) is 1.97. The molecule has 2 nitrogen and oxygen atoms in total. The Morgan fingerprint density at radius 1 is 1.22 bits per heavy atom. The molecule has 1 unspecified atom stereocenters. The summed E-state index contributed by atoms with van der Waals surface area (Å²) in [5, 5.41) is 0. The number of nitrogens with zero attached hydrogens (tertiary/aromatic N) is 1. The van der Waals surface area contributed by atoms with Gasteiger partial charge in [-0.2, -0.15) is 0 Å². The average Bonchev–Trinajstić information content (AvgIpc) is 2.80. The van der Waals surface area contributed by atoms with Gasteiger partial charge >= 0.3 is 0 Å². The summed E-state index contributed by atoms with van der Waals surface area (Å²) in [5.74, 6) is 0.609. The number of allylic oxidation sites excluding steroid dienone is 2. The second-order valence-electron chi connectivity index (χ2n) is 4.22. The maximum Gasteiger partial charge on any atom is 0.144 e. The molecule has 3 rings (SSSR count). The van der Waals surface area contributed by atoms with Crippen molar-refractivity contribution >= 4 is 15.9 Å². The van der Waals surface area contributed by atoms with Crippen LogP contribution in [0.5, 0.6) is 0 Å². The molecule has 1 aromatic carbocycles. The summed E-state index contributed by atoms with van der Waals surface area (Å²) in [6, 6.07) is 6.39. The average molecular weight is 308 g/mol. The molecule has 2 heterocycles. The second kappa shape index (κ2) is 4.28. The van der Waals surface area contributed by atoms with Gasteiger partial charge < -0.3 is 9.64 Å². The number of likely N-dealkylation sites (N-methyl/N-ethyl adjacent to an activating group) is 1. The lowest BCUT2D eigenvalue weighted by Crippen LogP contribution is -2.16. The number of fused-ring (bicyclic) bond motifs is 1. The van der Waals surface area contributed by atoms with Crippen molar-refractivity contribution < 1.29 is 9.13 Å². The summed E-state index contributed by atoms with van der Waals surface area (Å²) in [5.41, 5.74) is 1.97. The van der Waals surface area contributed by atoms with Crippen LogP contribution in [-0.2, 0) is 4.74 Å². The van der Waals surface area contributed by atoms with E-state index in [2.05, 4.69) is 15.9 Å². The Kier molecular flexibility index (Phi) is 2.74. The van der Waals surface area contributed by atoms with E-state index in [0.717, 1.165) is 21.6 Å². The van der Waals surface area contributed by atoms with Crippen LogP contribution >= 0.6 is 15.9 Å². The Morgan fingerprint density at radius 2 is 1.94 bits per heavy atom. The van der Waals surface area contributed by atoms with Gasteiger partial charge in [0.2, 0.25) is 0 Å². The minimum atomic E-state index is -0.234. The fourth-order valence-corrected chi connectivity index (χ4v) is 2.37. The molecule has 2 aliphatic heterocycles. The van der Waals surface area contributed by atoms with Crippen LogP contribution in [0.4, 0.5) is 4.39 Å². The summed E-state index contributed by atoms with van der Waals surface area (Å²) in [4.78, 5) is 2.01. The minimum absolute atomic E-state index is 0.152. The SMILES string of the molecule is CN1C(Br)=CC=C2OC(c3ccc(F)cc3)C=C21. The first kappa shape index (κ1) is 11.5. The van der Waals surface area contributed by atoms with Crippen molar-refractivity contribution in [1.82, 2.24) is 4.90 Å². The van der Waals surface area contributed by atoms with E-state index in [1.807, 2.05) is 30.2 Å². The number of halogens is 2. The zero-order chi connectivity index (χ0) is 12.7. The molecule has 2 aliphatic rings. The van der Waals surface area contributed by atoms with E-state index in [-0.39, 0.29) is 11.9 Å². The molecule has 0 saturated carbocycles. The standard InChI is InChI=1S/C14H11BrFNO/c1-17-11-8-13(9-2-4-10(16)5-3-9)18-12(11)6-7-14(17)15/h2-8,13H,1H3. The van der Waals surface area contributed by atoms with Crippen molar-refractivity contribution in [3.63, 3.8) is 0 Å². The summed E-state index contributed by atoms with van der Waals surface area (Å²) in [6.07, 6.45) is 5.76. The molecular weight excluding hydrogens is 297 g/mol. The van der Waals surface area contributed by atoms with Gasteiger partial charge in [0.25, 0.3) is 0 Å². The van der Waals surface area contributed by atoms with Crippen LogP contribution in [0.1, 0.15) is 11.7 Å². The largest absolute Gasteiger partial charge is 0.479 e. The third-order valence-corrected chi connectivity index (χ3v) is 3.86.